The first kappa shape index (κ1) is 13.0. The molecule has 0 saturated carbocycles. The molecule has 106 valence electrons. The normalized spacial score (nSPS) is 24.4. The van der Waals surface area contributed by atoms with Gasteiger partial charge in [-0.2, -0.15) is 0 Å². The van der Waals surface area contributed by atoms with Crippen LogP contribution >= 0.6 is 0 Å². The van der Waals surface area contributed by atoms with E-state index in [1.807, 2.05) is 25.1 Å². The Labute approximate surface area is 117 Å². The summed E-state index contributed by atoms with van der Waals surface area (Å²) < 4.78 is 0. The lowest BCUT2D eigenvalue weighted by Gasteiger charge is -2.16. The van der Waals surface area contributed by atoms with Crippen molar-refractivity contribution in [2.75, 3.05) is 25.0 Å². The van der Waals surface area contributed by atoms with Gasteiger partial charge in [0.05, 0.1) is 5.92 Å². The molecule has 0 spiro atoms. The van der Waals surface area contributed by atoms with Crippen molar-refractivity contribution in [3.8, 4) is 0 Å². The molecule has 1 amide bonds. The third-order valence-corrected chi connectivity index (χ3v) is 4.28. The second-order valence-electron chi connectivity index (χ2n) is 5.68. The molecule has 2 N–H and O–H groups in total. The van der Waals surface area contributed by atoms with E-state index >= 15 is 0 Å². The summed E-state index contributed by atoms with van der Waals surface area (Å²) >= 11 is 0. The quantitative estimate of drug-likeness (QED) is 0.856. The van der Waals surface area contributed by atoms with E-state index in [1.165, 1.54) is 5.56 Å². The van der Waals surface area contributed by atoms with E-state index < -0.39 is 11.9 Å². The van der Waals surface area contributed by atoms with Crippen molar-refractivity contribution in [3.63, 3.8) is 0 Å². The van der Waals surface area contributed by atoms with Gasteiger partial charge >= 0.3 is 5.97 Å². The van der Waals surface area contributed by atoms with Gasteiger partial charge < -0.3 is 15.3 Å². The minimum Gasteiger partial charge on any atom is -0.481 e. The van der Waals surface area contributed by atoms with Gasteiger partial charge in [-0.05, 0) is 30.0 Å². The molecule has 0 unspecified atom stereocenters. The highest BCUT2D eigenvalue weighted by molar-refractivity contribution is 5.96. The number of carboxylic acid groups (broad SMARTS) is 1. The molecule has 2 atom stereocenters. The van der Waals surface area contributed by atoms with Gasteiger partial charge in [0.25, 0.3) is 5.91 Å². The molecule has 5 heteroatoms. The molecular formula is C15H18N2O3. The molecule has 5 nitrogen and oxygen atoms in total. The highest BCUT2D eigenvalue weighted by atomic mass is 16.4. The number of carboxylic acids is 1. The van der Waals surface area contributed by atoms with Gasteiger partial charge in [0.1, 0.15) is 0 Å². The van der Waals surface area contributed by atoms with E-state index in [0.29, 0.717) is 18.7 Å². The Balaban J connectivity index is 1.78. The smallest absolute Gasteiger partial charge is 0.308 e. The van der Waals surface area contributed by atoms with Crippen LogP contribution in [0.3, 0.4) is 0 Å². The maximum absolute atomic E-state index is 12.5. The number of nitrogens with zero attached hydrogens (tertiary/aromatic N) is 1. The van der Waals surface area contributed by atoms with E-state index in [-0.39, 0.29) is 11.8 Å². The molecule has 1 fully saturated rings. The van der Waals surface area contributed by atoms with Crippen molar-refractivity contribution in [1.29, 1.82) is 0 Å². The number of fused-ring (bicyclic) bond motifs is 1. The summed E-state index contributed by atoms with van der Waals surface area (Å²) in [7, 11) is 0. The van der Waals surface area contributed by atoms with Crippen LogP contribution in [0.5, 0.6) is 0 Å². The number of benzene rings is 1. The molecule has 1 aromatic carbocycles. The predicted octanol–water partition coefficient (Wildman–Crippen LogP) is 1.45. The Bertz CT molecular complexity index is 570. The highest BCUT2D eigenvalue weighted by Crippen LogP contribution is 2.27. The Morgan fingerprint density at radius 2 is 2.15 bits per heavy atom. The third-order valence-electron chi connectivity index (χ3n) is 4.28. The van der Waals surface area contributed by atoms with Crippen molar-refractivity contribution >= 4 is 17.6 Å². The average molecular weight is 274 g/mol. The number of likely N-dealkylation sites (tertiary alicyclic amines) is 1. The van der Waals surface area contributed by atoms with Crippen LogP contribution < -0.4 is 5.32 Å². The Hall–Kier alpha value is -2.04. The second kappa shape index (κ2) is 4.81. The molecule has 20 heavy (non-hydrogen) atoms. The van der Waals surface area contributed by atoms with Gasteiger partial charge in [-0.25, -0.2) is 0 Å². The summed E-state index contributed by atoms with van der Waals surface area (Å²) in [5.41, 5.74) is 2.90. The second-order valence-corrected chi connectivity index (χ2v) is 5.68. The number of aliphatic carboxylic acids is 1. The van der Waals surface area contributed by atoms with Crippen molar-refractivity contribution < 1.29 is 14.7 Å². The average Bonchev–Trinajstić information content (AvgIpc) is 3.02. The monoisotopic (exact) mass is 274 g/mol. The van der Waals surface area contributed by atoms with Crippen molar-refractivity contribution in [2.45, 2.75) is 13.3 Å². The summed E-state index contributed by atoms with van der Waals surface area (Å²) in [4.78, 5) is 25.2. The number of amides is 1. The van der Waals surface area contributed by atoms with Gasteiger partial charge in [-0.1, -0.05) is 13.0 Å². The number of carbonyl (C=O) groups is 2. The first-order valence-corrected chi connectivity index (χ1v) is 6.95. The van der Waals surface area contributed by atoms with E-state index in [2.05, 4.69) is 5.32 Å². The van der Waals surface area contributed by atoms with Crippen LogP contribution in [0.2, 0.25) is 0 Å². The summed E-state index contributed by atoms with van der Waals surface area (Å²) in [6.07, 6.45) is 0.992. The third kappa shape index (κ3) is 2.13. The van der Waals surface area contributed by atoms with Crippen LogP contribution in [-0.4, -0.2) is 41.5 Å². The van der Waals surface area contributed by atoms with Gasteiger partial charge in [0.15, 0.2) is 0 Å². The van der Waals surface area contributed by atoms with Crippen molar-refractivity contribution in [2.24, 2.45) is 11.8 Å². The molecule has 0 aromatic heterocycles. The number of hydrogen-bond donors (Lipinski definition) is 2. The van der Waals surface area contributed by atoms with Crippen LogP contribution in [0.1, 0.15) is 22.8 Å². The summed E-state index contributed by atoms with van der Waals surface area (Å²) in [6, 6.07) is 5.70. The maximum Gasteiger partial charge on any atom is 0.308 e. The highest BCUT2D eigenvalue weighted by Gasteiger charge is 2.37. The fraction of sp³-hybridized carbons (Fsp3) is 0.467. The molecule has 2 heterocycles. The van der Waals surface area contributed by atoms with Crippen LogP contribution in [-0.2, 0) is 11.2 Å². The van der Waals surface area contributed by atoms with Gasteiger partial charge in [-0.3, -0.25) is 9.59 Å². The van der Waals surface area contributed by atoms with Gasteiger partial charge in [0.2, 0.25) is 0 Å². The SMILES string of the molecule is C[C@@H]1CN(C(=O)c2ccc3c(c2)NCC3)C[C@H]1C(=O)O. The first-order valence-electron chi connectivity index (χ1n) is 6.95. The molecule has 1 saturated heterocycles. The Morgan fingerprint density at radius 3 is 2.85 bits per heavy atom. The van der Waals surface area contributed by atoms with Crippen molar-refractivity contribution in [3.05, 3.63) is 29.3 Å². The predicted molar refractivity (Wildman–Crippen MR) is 74.8 cm³/mol. The number of hydrogen-bond acceptors (Lipinski definition) is 3. The number of anilines is 1. The lowest BCUT2D eigenvalue weighted by molar-refractivity contribution is -0.142. The number of nitrogens with one attached hydrogen (secondary N) is 1. The van der Waals surface area contributed by atoms with Crippen LogP contribution in [0.4, 0.5) is 5.69 Å². The summed E-state index contributed by atoms with van der Waals surface area (Å²) in [5.74, 6) is -1.34. The zero-order chi connectivity index (χ0) is 14.3. The zero-order valence-electron chi connectivity index (χ0n) is 11.4. The molecule has 1 aromatic rings. The van der Waals surface area contributed by atoms with E-state index in [9.17, 15) is 9.59 Å². The van der Waals surface area contributed by atoms with Gasteiger partial charge in [0, 0.05) is 30.9 Å². The molecule has 3 rings (SSSR count). The lowest BCUT2D eigenvalue weighted by atomic mass is 9.99. The fourth-order valence-corrected chi connectivity index (χ4v) is 3.06. The van der Waals surface area contributed by atoms with E-state index in [1.54, 1.807) is 4.90 Å². The fourth-order valence-electron chi connectivity index (χ4n) is 3.06. The standard InChI is InChI=1S/C15H18N2O3/c1-9-7-17(8-12(9)15(19)20)14(18)11-3-2-10-4-5-16-13(10)6-11/h2-3,6,9,12,16H,4-5,7-8H2,1H3,(H,19,20)/t9-,12-/m1/s1. The van der Waals surface area contributed by atoms with E-state index in [4.69, 9.17) is 5.11 Å². The largest absolute Gasteiger partial charge is 0.481 e. The van der Waals surface area contributed by atoms with Crippen molar-refractivity contribution in [1.82, 2.24) is 4.90 Å². The van der Waals surface area contributed by atoms with Crippen LogP contribution in [0.15, 0.2) is 18.2 Å². The first-order chi connectivity index (χ1) is 9.56. The molecule has 0 radical (unpaired) electrons. The van der Waals surface area contributed by atoms with Gasteiger partial charge in [-0.15, -0.1) is 0 Å². The van der Waals surface area contributed by atoms with Crippen LogP contribution in [0.25, 0.3) is 0 Å². The number of rotatable bonds is 2. The summed E-state index contributed by atoms with van der Waals surface area (Å²) in [6.45, 7) is 3.62. The number of carbonyl (C=O) groups excluding carboxylic acids is 1. The topological polar surface area (TPSA) is 69.6 Å². The molecule has 0 aliphatic carbocycles. The maximum atomic E-state index is 12.5. The molecular weight excluding hydrogens is 256 g/mol. The molecule has 0 bridgehead atoms. The minimum atomic E-state index is -0.816. The molecule has 2 aliphatic rings. The molecule has 2 aliphatic heterocycles. The van der Waals surface area contributed by atoms with E-state index in [0.717, 1.165) is 18.7 Å². The Morgan fingerprint density at radius 1 is 1.35 bits per heavy atom. The lowest BCUT2D eigenvalue weighted by Crippen LogP contribution is -2.29. The minimum absolute atomic E-state index is 0.00371. The Kier molecular flexibility index (Phi) is 3.12. The zero-order valence-corrected chi connectivity index (χ0v) is 11.4. The van der Waals surface area contributed by atoms with Crippen LogP contribution in [0, 0.1) is 11.8 Å². The summed E-state index contributed by atoms with van der Waals surface area (Å²) in [5, 5.41) is 12.4.